The summed E-state index contributed by atoms with van der Waals surface area (Å²) in [4.78, 5) is 0. The van der Waals surface area contributed by atoms with E-state index in [9.17, 15) is 8.78 Å². The Labute approximate surface area is 109 Å². The van der Waals surface area contributed by atoms with Crippen LogP contribution >= 0.6 is 0 Å². The number of fused-ring (bicyclic) bond motifs is 1. The van der Waals surface area contributed by atoms with Crippen molar-refractivity contribution in [3.63, 3.8) is 0 Å². The molecule has 0 aliphatic rings. The fourth-order valence-electron chi connectivity index (χ4n) is 2.14. The molecular weight excluding hydrogens is 246 g/mol. The van der Waals surface area contributed by atoms with Gasteiger partial charge in [-0.25, -0.2) is 8.78 Å². The van der Waals surface area contributed by atoms with Gasteiger partial charge in [-0.3, -0.25) is 4.68 Å². The Morgan fingerprint density at radius 2 is 1.68 bits per heavy atom. The van der Waals surface area contributed by atoms with Gasteiger partial charge in [0.15, 0.2) is 0 Å². The molecular formula is C15H12F2N2. The second-order valence-electron chi connectivity index (χ2n) is 4.64. The van der Waals surface area contributed by atoms with Crippen LogP contribution in [0.1, 0.15) is 5.56 Å². The summed E-state index contributed by atoms with van der Waals surface area (Å²) in [6.45, 7) is 1.43. The summed E-state index contributed by atoms with van der Waals surface area (Å²) in [6, 6.07) is 8.26. The van der Waals surface area contributed by atoms with Gasteiger partial charge in [0.1, 0.15) is 11.6 Å². The van der Waals surface area contributed by atoms with Gasteiger partial charge < -0.3 is 0 Å². The molecule has 0 atom stereocenters. The van der Waals surface area contributed by atoms with Crippen molar-refractivity contribution in [3.05, 3.63) is 53.7 Å². The second-order valence-corrected chi connectivity index (χ2v) is 4.64. The Balaban J connectivity index is 2.18. The van der Waals surface area contributed by atoms with Crippen LogP contribution in [0.4, 0.5) is 8.78 Å². The zero-order chi connectivity index (χ0) is 13.6. The molecule has 0 fully saturated rings. The highest BCUT2D eigenvalue weighted by atomic mass is 19.1. The van der Waals surface area contributed by atoms with Crippen LogP contribution in [0.5, 0.6) is 0 Å². The number of benzene rings is 2. The van der Waals surface area contributed by atoms with E-state index in [1.54, 1.807) is 4.68 Å². The van der Waals surface area contributed by atoms with Gasteiger partial charge in [0.2, 0.25) is 0 Å². The summed E-state index contributed by atoms with van der Waals surface area (Å²) in [5, 5.41) is 5.21. The second kappa shape index (κ2) is 4.16. The average molecular weight is 258 g/mol. The van der Waals surface area contributed by atoms with Crippen molar-refractivity contribution in [2.75, 3.05) is 0 Å². The van der Waals surface area contributed by atoms with Crippen molar-refractivity contribution in [2.45, 2.75) is 6.92 Å². The highest BCUT2D eigenvalue weighted by Gasteiger charge is 2.09. The van der Waals surface area contributed by atoms with Gasteiger partial charge in [0.05, 0.1) is 5.52 Å². The van der Waals surface area contributed by atoms with Gasteiger partial charge in [-0.15, -0.1) is 0 Å². The lowest BCUT2D eigenvalue weighted by molar-refractivity contribution is 0.569. The predicted octanol–water partition coefficient (Wildman–Crippen LogP) is 3.83. The molecule has 0 unspecified atom stereocenters. The Kier molecular flexibility index (Phi) is 2.59. The molecule has 2 aromatic carbocycles. The number of rotatable bonds is 1. The molecule has 0 spiro atoms. The van der Waals surface area contributed by atoms with Gasteiger partial charge in [0, 0.05) is 24.2 Å². The third kappa shape index (κ3) is 1.99. The van der Waals surface area contributed by atoms with Crippen LogP contribution in [0.2, 0.25) is 0 Å². The van der Waals surface area contributed by atoms with Crippen LogP contribution in [0.25, 0.3) is 22.0 Å². The Hall–Kier alpha value is -2.23. The van der Waals surface area contributed by atoms with Crippen molar-refractivity contribution in [1.29, 1.82) is 0 Å². The van der Waals surface area contributed by atoms with E-state index in [-0.39, 0.29) is 5.56 Å². The Bertz CT molecular complexity index is 752. The van der Waals surface area contributed by atoms with Crippen LogP contribution in [0.3, 0.4) is 0 Å². The lowest BCUT2D eigenvalue weighted by Gasteiger charge is -2.05. The third-order valence-electron chi connectivity index (χ3n) is 3.23. The fourth-order valence-corrected chi connectivity index (χ4v) is 2.14. The molecule has 3 rings (SSSR count). The molecule has 0 saturated carbocycles. The first-order valence-electron chi connectivity index (χ1n) is 5.94. The molecule has 96 valence electrons. The average Bonchev–Trinajstić information content (AvgIpc) is 2.74. The minimum absolute atomic E-state index is 0.0474. The SMILES string of the molecule is Cc1c(F)cc(-c2ccc3nn(C)cc3c2)cc1F. The quantitative estimate of drug-likeness (QED) is 0.648. The molecule has 3 aromatic rings. The first kappa shape index (κ1) is 11.8. The monoisotopic (exact) mass is 258 g/mol. The smallest absolute Gasteiger partial charge is 0.129 e. The topological polar surface area (TPSA) is 17.8 Å². The largest absolute Gasteiger partial charge is 0.275 e. The van der Waals surface area contributed by atoms with Crippen LogP contribution in [-0.4, -0.2) is 9.78 Å². The molecule has 0 amide bonds. The van der Waals surface area contributed by atoms with E-state index in [0.29, 0.717) is 5.56 Å². The number of nitrogens with zero attached hydrogens (tertiary/aromatic N) is 2. The molecule has 4 heteroatoms. The van der Waals surface area contributed by atoms with Crippen LogP contribution in [-0.2, 0) is 7.05 Å². The summed E-state index contributed by atoms with van der Waals surface area (Å²) in [6.07, 6.45) is 1.87. The van der Waals surface area contributed by atoms with Gasteiger partial charge in [0.25, 0.3) is 0 Å². The van der Waals surface area contributed by atoms with Crippen molar-refractivity contribution in [3.8, 4) is 11.1 Å². The highest BCUT2D eigenvalue weighted by Crippen LogP contribution is 2.26. The number of aryl methyl sites for hydroxylation is 1. The van der Waals surface area contributed by atoms with Gasteiger partial charge in [-0.05, 0) is 42.3 Å². The molecule has 0 N–H and O–H groups in total. The minimum Gasteiger partial charge on any atom is -0.275 e. The van der Waals surface area contributed by atoms with Crippen LogP contribution < -0.4 is 0 Å². The first-order valence-corrected chi connectivity index (χ1v) is 5.94. The molecule has 2 nitrogen and oxygen atoms in total. The van der Waals surface area contributed by atoms with Crippen molar-refractivity contribution < 1.29 is 8.78 Å². The predicted molar refractivity (Wildman–Crippen MR) is 70.8 cm³/mol. The molecule has 0 saturated heterocycles. The van der Waals surface area contributed by atoms with Gasteiger partial charge >= 0.3 is 0 Å². The third-order valence-corrected chi connectivity index (χ3v) is 3.23. The molecule has 1 heterocycles. The number of hydrogen-bond donors (Lipinski definition) is 0. The maximum atomic E-state index is 13.6. The van der Waals surface area contributed by atoms with Gasteiger partial charge in [-0.1, -0.05) is 6.07 Å². The molecule has 0 aliphatic heterocycles. The Morgan fingerprint density at radius 1 is 1.00 bits per heavy atom. The molecule has 19 heavy (non-hydrogen) atoms. The number of aromatic nitrogens is 2. The zero-order valence-corrected chi connectivity index (χ0v) is 10.6. The van der Waals surface area contributed by atoms with E-state index in [1.807, 2.05) is 31.4 Å². The van der Waals surface area contributed by atoms with Crippen molar-refractivity contribution in [1.82, 2.24) is 9.78 Å². The highest BCUT2D eigenvalue weighted by molar-refractivity contribution is 5.84. The van der Waals surface area contributed by atoms with Crippen LogP contribution in [0.15, 0.2) is 36.5 Å². The van der Waals surface area contributed by atoms with Crippen molar-refractivity contribution in [2.24, 2.45) is 7.05 Å². The molecule has 1 aromatic heterocycles. The van der Waals surface area contributed by atoms with Crippen LogP contribution in [0, 0.1) is 18.6 Å². The van der Waals surface area contributed by atoms with Gasteiger partial charge in [-0.2, -0.15) is 5.10 Å². The zero-order valence-electron chi connectivity index (χ0n) is 10.6. The summed E-state index contributed by atoms with van der Waals surface area (Å²) in [7, 11) is 1.84. The number of halogens is 2. The van der Waals surface area contributed by atoms with E-state index in [2.05, 4.69) is 5.10 Å². The lowest BCUT2D eigenvalue weighted by atomic mass is 10.0. The summed E-state index contributed by atoms with van der Waals surface area (Å²) in [5.41, 5.74) is 2.22. The molecule has 0 radical (unpaired) electrons. The summed E-state index contributed by atoms with van der Waals surface area (Å²) >= 11 is 0. The van der Waals surface area contributed by atoms with E-state index in [4.69, 9.17) is 0 Å². The first-order chi connectivity index (χ1) is 9.04. The number of hydrogen-bond acceptors (Lipinski definition) is 1. The summed E-state index contributed by atoms with van der Waals surface area (Å²) < 4.78 is 28.9. The summed E-state index contributed by atoms with van der Waals surface area (Å²) in [5.74, 6) is -1.05. The van der Waals surface area contributed by atoms with E-state index in [1.165, 1.54) is 19.1 Å². The molecule has 0 aliphatic carbocycles. The normalized spacial score (nSPS) is 11.2. The Morgan fingerprint density at radius 3 is 2.37 bits per heavy atom. The van der Waals surface area contributed by atoms with E-state index >= 15 is 0 Å². The molecule has 0 bridgehead atoms. The van der Waals surface area contributed by atoms with E-state index in [0.717, 1.165) is 16.5 Å². The van der Waals surface area contributed by atoms with E-state index < -0.39 is 11.6 Å². The standard InChI is InChI=1S/C15H12F2N2/c1-9-13(16)6-11(7-14(9)17)10-3-4-15-12(5-10)8-19(2)18-15/h3-8H,1-2H3. The maximum absolute atomic E-state index is 13.6. The maximum Gasteiger partial charge on any atom is 0.129 e. The van der Waals surface area contributed by atoms with Crippen molar-refractivity contribution >= 4 is 10.9 Å². The fraction of sp³-hybridized carbons (Fsp3) is 0.133. The lowest BCUT2D eigenvalue weighted by Crippen LogP contribution is -1.90. The minimum atomic E-state index is -0.527.